The van der Waals surface area contributed by atoms with E-state index in [-0.39, 0.29) is 0 Å². The first kappa shape index (κ1) is 24.1. The molecule has 29 heavy (non-hydrogen) atoms. The van der Waals surface area contributed by atoms with Gasteiger partial charge in [-0.3, -0.25) is 0 Å². The van der Waals surface area contributed by atoms with Gasteiger partial charge in [-0.1, -0.05) is 30.0 Å². The summed E-state index contributed by atoms with van der Waals surface area (Å²) in [6.07, 6.45) is 1.12. The summed E-state index contributed by atoms with van der Waals surface area (Å²) >= 11 is 1.72. The van der Waals surface area contributed by atoms with Crippen molar-refractivity contribution in [3.8, 4) is 11.5 Å². The van der Waals surface area contributed by atoms with Gasteiger partial charge in [-0.2, -0.15) is 0 Å². The monoisotopic (exact) mass is 419 g/mol. The van der Waals surface area contributed by atoms with Crippen LogP contribution < -0.4 is 9.47 Å². The lowest BCUT2D eigenvalue weighted by Gasteiger charge is -2.15. The summed E-state index contributed by atoms with van der Waals surface area (Å²) in [6.45, 7) is 0.918. The number of carboxylic acids is 2. The summed E-state index contributed by atoms with van der Waals surface area (Å²) in [6, 6.07) is 14.4. The molecule has 0 spiro atoms. The van der Waals surface area contributed by atoms with Gasteiger partial charge < -0.3 is 24.6 Å². The minimum absolute atomic E-state index is 0.558. The molecule has 0 aliphatic rings. The number of hydrogen-bond donors (Lipinski definition) is 2. The highest BCUT2D eigenvalue weighted by Gasteiger charge is 2.10. The standard InChI is InChI=1S/C17H21NO2S.C4H4O4/c1-18(2)12-13-7-5-6-8-16(13)21-17-10-9-14(19-3)11-15(17)20-4;5-3(6)1-2-4(7)8/h5-11H,12H2,1-4H3;1-2H,(H,5,6)(H,7,8). The van der Waals surface area contributed by atoms with Crippen LogP contribution in [0.3, 0.4) is 0 Å². The van der Waals surface area contributed by atoms with Crippen molar-refractivity contribution in [1.29, 1.82) is 0 Å². The third-order valence-electron chi connectivity index (χ3n) is 3.42. The second-order valence-corrected chi connectivity index (χ2v) is 7.06. The number of methoxy groups -OCH3 is 2. The Morgan fingerprint density at radius 3 is 2.10 bits per heavy atom. The van der Waals surface area contributed by atoms with E-state index in [2.05, 4.69) is 43.3 Å². The fourth-order valence-corrected chi connectivity index (χ4v) is 3.22. The Kier molecular flexibility index (Phi) is 10.4. The van der Waals surface area contributed by atoms with Gasteiger partial charge in [0.2, 0.25) is 0 Å². The van der Waals surface area contributed by atoms with Crippen LogP contribution in [0.5, 0.6) is 11.5 Å². The number of hydrogen-bond acceptors (Lipinski definition) is 6. The zero-order chi connectivity index (χ0) is 21.8. The summed E-state index contributed by atoms with van der Waals surface area (Å²) < 4.78 is 10.7. The molecule has 0 fully saturated rings. The lowest BCUT2D eigenvalue weighted by atomic mass is 10.2. The molecule has 0 aromatic heterocycles. The zero-order valence-electron chi connectivity index (χ0n) is 16.8. The predicted molar refractivity (Wildman–Crippen MR) is 112 cm³/mol. The molecule has 0 saturated carbocycles. The number of aliphatic carboxylic acids is 2. The van der Waals surface area contributed by atoms with Crippen molar-refractivity contribution in [2.24, 2.45) is 0 Å². The maximum absolute atomic E-state index is 9.55. The molecule has 0 amide bonds. The molecule has 0 atom stereocenters. The van der Waals surface area contributed by atoms with E-state index in [0.717, 1.165) is 22.9 Å². The van der Waals surface area contributed by atoms with Crippen molar-refractivity contribution in [2.75, 3.05) is 28.3 Å². The second-order valence-electron chi connectivity index (χ2n) is 5.97. The van der Waals surface area contributed by atoms with Crippen LogP contribution in [0.15, 0.2) is 64.4 Å². The largest absolute Gasteiger partial charge is 0.497 e. The minimum Gasteiger partial charge on any atom is -0.497 e. The minimum atomic E-state index is -1.26. The molecular weight excluding hydrogens is 394 g/mol. The fourth-order valence-electron chi connectivity index (χ4n) is 2.19. The average Bonchev–Trinajstić information content (AvgIpc) is 2.68. The second kappa shape index (κ2) is 12.5. The van der Waals surface area contributed by atoms with Crippen LogP contribution in [0, 0.1) is 0 Å². The summed E-state index contributed by atoms with van der Waals surface area (Å²) in [5.74, 6) is -0.878. The maximum Gasteiger partial charge on any atom is 0.328 e. The summed E-state index contributed by atoms with van der Waals surface area (Å²) in [5.41, 5.74) is 1.31. The highest BCUT2D eigenvalue weighted by atomic mass is 32.2. The Balaban J connectivity index is 0.000000447. The maximum atomic E-state index is 9.55. The van der Waals surface area contributed by atoms with E-state index >= 15 is 0 Å². The smallest absolute Gasteiger partial charge is 0.328 e. The molecule has 2 aromatic carbocycles. The number of ether oxygens (including phenoxy) is 2. The van der Waals surface area contributed by atoms with Gasteiger partial charge in [-0.15, -0.1) is 0 Å². The van der Waals surface area contributed by atoms with Gasteiger partial charge in [0.15, 0.2) is 0 Å². The van der Waals surface area contributed by atoms with Gasteiger partial charge in [0.05, 0.1) is 19.1 Å². The molecule has 8 heteroatoms. The van der Waals surface area contributed by atoms with Gasteiger partial charge in [-0.05, 0) is 37.9 Å². The normalized spacial score (nSPS) is 10.4. The zero-order valence-corrected chi connectivity index (χ0v) is 17.6. The summed E-state index contributed by atoms with van der Waals surface area (Å²) in [7, 11) is 7.50. The SMILES string of the molecule is COc1ccc(Sc2ccccc2CN(C)C)c(OC)c1.O=C(O)C=CC(=O)O. The Bertz CT molecular complexity index is 835. The molecule has 7 nitrogen and oxygen atoms in total. The number of carbonyl (C=O) groups is 2. The third kappa shape index (κ3) is 9.18. The molecule has 0 radical (unpaired) electrons. The predicted octanol–water partition coefficient (Wildman–Crippen LogP) is 3.63. The van der Waals surface area contributed by atoms with Crippen LogP contribution in [-0.2, 0) is 16.1 Å². The van der Waals surface area contributed by atoms with Crippen molar-refractivity contribution in [3.63, 3.8) is 0 Å². The van der Waals surface area contributed by atoms with Gasteiger partial charge >= 0.3 is 11.9 Å². The highest BCUT2D eigenvalue weighted by molar-refractivity contribution is 7.99. The number of benzene rings is 2. The Morgan fingerprint density at radius 2 is 1.59 bits per heavy atom. The number of rotatable bonds is 8. The van der Waals surface area contributed by atoms with E-state index in [9.17, 15) is 9.59 Å². The highest BCUT2D eigenvalue weighted by Crippen LogP contribution is 2.38. The van der Waals surface area contributed by atoms with Crippen molar-refractivity contribution < 1.29 is 29.3 Å². The molecule has 0 aliphatic heterocycles. The van der Waals surface area contributed by atoms with Crippen LogP contribution in [0.2, 0.25) is 0 Å². The van der Waals surface area contributed by atoms with E-state index in [1.54, 1.807) is 26.0 Å². The molecular formula is C21H25NO6S. The van der Waals surface area contributed by atoms with Crippen LogP contribution in [0.1, 0.15) is 5.56 Å². The molecule has 0 heterocycles. The molecule has 156 valence electrons. The number of carboxylic acid groups (broad SMARTS) is 2. The fraction of sp³-hybridized carbons (Fsp3) is 0.238. The van der Waals surface area contributed by atoms with Gasteiger partial charge in [-0.25, -0.2) is 9.59 Å². The molecule has 0 saturated heterocycles. The van der Waals surface area contributed by atoms with Crippen molar-refractivity contribution >= 4 is 23.7 Å². The Morgan fingerprint density at radius 1 is 0.966 bits per heavy atom. The van der Waals surface area contributed by atoms with Crippen molar-refractivity contribution in [2.45, 2.75) is 16.3 Å². The van der Waals surface area contributed by atoms with E-state index < -0.39 is 11.9 Å². The lowest BCUT2D eigenvalue weighted by molar-refractivity contribution is -0.134. The van der Waals surface area contributed by atoms with Crippen LogP contribution in [-0.4, -0.2) is 55.4 Å². The van der Waals surface area contributed by atoms with Crippen LogP contribution in [0.25, 0.3) is 0 Å². The first-order valence-corrected chi connectivity index (χ1v) is 9.35. The van der Waals surface area contributed by atoms with E-state index in [4.69, 9.17) is 19.7 Å². The number of nitrogens with zero attached hydrogens (tertiary/aromatic N) is 1. The van der Waals surface area contributed by atoms with E-state index in [1.165, 1.54) is 10.5 Å². The average molecular weight is 419 g/mol. The van der Waals surface area contributed by atoms with Crippen LogP contribution >= 0.6 is 11.8 Å². The van der Waals surface area contributed by atoms with Crippen molar-refractivity contribution in [3.05, 3.63) is 60.2 Å². The molecule has 2 N–H and O–H groups in total. The molecule has 0 bridgehead atoms. The van der Waals surface area contributed by atoms with Gasteiger partial charge in [0, 0.05) is 29.7 Å². The Labute approximate surface area is 174 Å². The molecule has 0 unspecified atom stereocenters. The quantitative estimate of drug-likeness (QED) is 0.626. The van der Waals surface area contributed by atoms with E-state index in [1.807, 2.05) is 18.2 Å². The van der Waals surface area contributed by atoms with Crippen molar-refractivity contribution in [1.82, 2.24) is 4.90 Å². The van der Waals surface area contributed by atoms with E-state index in [0.29, 0.717) is 12.2 Å². The first-order chi connectivity index (χ1) is 13.8. The lowest BCUT2D eigenvalue weighted by Crippen LogP contribution is -2.11. The first-order valence-electron chi connectivity index (χ1n) is 8.53. The molecule has 2 rings (SSSR count). The van der Waals surface area contributed by atoms with Gasteiger partial charge in [0.25, 0.3) is 0 Å². The molecule has 0 aliphatic carbocycles. The summed E-state index contributed by atoms with van der Waals surface area (Å²) in [4.78, 5) is 23.6. The third-order valence-corrected chi connectivity index (χ3v) is 4.59. The molecule has 2 aromatic rings. The topological polar surface area (TPSA) is 96.3 Å². The summed E-state index contributed by atoms with van der Waals surface area (Å²) in [5, 5.41) is 15.6. The van der Waals surface area contributed by atoms with Crippen LogP contribution in [0.4, 0.5) is 0 Å². The van der Waals surface area contributed by atoms with Gasteiger partial charge in [0.1, 0.15) is 11.5 Å². The Hall–Kier alpha value is -2.97.